The van der Waals surface area contributed by atoms with Crippen LogP contribution in [0, 0.1) is 10.1 Å². The molecule has 7 nitrogen and oxygen atoms in total. The van der Waals surface area contributed by atoms with E-state index in [9.17, 15) is 18.5 Å². The maximum absolute atomic E-state index is 10.8. The zero-order valence-corrected chi connectivity index (χ0v) is 14.4. The Labute approximate surface area is 149 Å². The molecule has 0 amide bonds. The Bertz CT molecular complexity index is 987. The number of thiol groups is 1. The van der Waals surface area contributed by atoms with Crippen LogP contribution in [-0.4, -0.2) is 23.1 Å². The van der Waals surface area contributed by atoms with Crippen molar-refractivity contribution in [3.05, 3.63) is 75.4 Å². The number of aromatic nitrogens is 2. The van der Waals surface area contributed by atoms with Gasteiger partial charge in [-0.25, -0.2) is 13.1 Å². The van der Waals surface area contributed by atoms with E-state index in [1.165, 1.54) is 12.1 Å². The van der Waals surface area contributed by atoms with Crippen LogP contribution in [0.1, 0.15) is 5.56 Å². The third-order valence-electron chi connectivity index (χ3n) is 3.55. The van der Waals surface area contributed by atoms with Crippen LogP contribution in [0.4, 0.5) is 5.69 Å². The van der Waals surface area contributed by atoms with E-state index >= 15 is 0 Å². The quantitative estimate of drug-likeness (QED) is 0.418. The van der Waals surface area contributed by atoms with E-state index in [1.54, 1.807) is 47.1 Å². The molecule has 0 bridgehead atoms. The lowest BCUT2D eigenvalue weighted by Gasteiger charge is -2.08. The molecule has 0 saturated carbocycles. The molecule has 1 heterocycles. The van der Waals surface area contributed by atoms with Gasteiger partial charge >= 0.3 is 0 Å². The van der Waals surface area contributed by atoms with Crippen molar-refractivity contribution in [3.8, 4) is 16.9 Å². The second-order valence-corrected chi connectivity index (χ2v) is 6.59. The number of hydrogen-bond donors (Lipinski definition) is 1. The van der Waals surface area contributed by atoms with Crippen molar-refractivity contribution in [2.45, 2.75) is 5.75 Å². The Balaban J connectivity index is 1.99. The fraction of sp³-hybridized carbons (Fsp3) is 0.0625. The van der Waals surface area contributed by atoms with Crippen LogP contribution in [0.25, 0.3) is 16.9 Å². The first-order chi connectivity index (χ1) is 11.9. The highest BCUT2D eigenvalue weighted by molar-refractivity contribution is 7.71. The maximum atomic E-state index is 10.8. The van der Waals surface area contributed by atoms with Crippen LogP contribution in [0.15, 0.2) is 54.6 Å². The first-order valence-corrected chi connectivity index (χ1v) is 8.89. The highest BCUT2D eigenvalue weighted by Crippen LogP contribution is 2.27. The van der Waals surface area contributed by atoms with E-state index < -0.39 is 15.6 Å². The summed E-state index contributed by atoms with van der Waals surface area (Å²) >= 11 is 6.03. The van der Waals surface area contributed by atoms with Gasteiger partial charge in [-0.05, 0) is 17.7 Å². The molecule has 25 heavy (non-hydrogen) atoms. The average molecular weight is 378 g/mol. The molecule has 0 spiro atoms. The number of non-ortho nitro benzene ring substituents is 1. The molecule has 128 valence electrons. The molecule has 0 aliphatic carbocycles. The van der Waals surface area contributed by atoms with Gasteiger partial charge < -0.3 is 0 Å². The largest absolute Gasteiger partial charge is 0.269 e. The molecule has 3 aromatic rings. The Morgan fingerprint density at radius 3 is 2.28 bits per heavy atom. The van der Waals surface area contributed by atoms with Gasteiger partial charge in [0, 0.05) is 23.8 Å². The summed E-state index contributed by atoms with van der Waals surface area (Å²) in [7, 11) is -2.48. The molecule has 9 heteroatoms. The molecule has 0 N–H and O–H groups in total. The highest BCUT2D eigenvalue weighted by atomic mass is 35.5. The summed E-state index contributed by atoms with van der Waals surface area (Å²) in [6.07, 6.45) is 0. The Morgan fingerprint density at radius 2 is 1.72 bits per heavy atom. The van der Waals surface area contributed by atoms with Gasteiger partial charge in [-0.2, -0.15) is 5.10 Å². The van der Waals surface area contributed by atoms with Crippen molar-refractivity contribution in [3.63, 3.8) is 0 Å². The van der Waals surface area contributed by atoms with Crippen LogP contribution in [0.3, 0.4) is 0 Å². The Hall–Kier alpha value is -2.71. The van der Waals surface area contributed by atoms with Crippen molar-refractivity contribution in [2.75, 3.05) is 0 Å². The summed E-state index contributed by atoms with van der Waals surface area (Å²) in [4.78, 5) is 10.3. The lowest BCUT2D eigenvalue weighted by Crippen LogP contribution is -1.99. The zero-order chi connectivity index (χ0) is 18.0. The van der Waals surface area contributed by atoms with Gasteiger partial charge in [0.15, 0.2) is 5.15 Å². The molecule has 0 fully saturated rings. The maximum Gasteiger partial charge on any atom is 0.269 e. The molecule has 0 unspecified atom stereocenters. The number of rotatable bonds is 5. The third-order valence-corrected chi connectivity index (χ3v) is 4.35. The van der Waals surface area contributed by atoms with E-state index in [2.05, 4.69) is 5.10 Å². The van der Waals surface area contributed by atoms with E-state index in [-0.39, 0.29) is 16.6 Å². The smallest absolute Gasteiger partial charge is 0.258 e. The number of nitro groups is 1. The van der Waals surface area contributed by atoms with Crippen molar-refractivity contribution >= 4 is 28.0 Å². The van der Waals surface area contributed by atoms with Crippen molar-refractivity contribution in [1.82, 2.24) is 9.78 Å². The second kappa shape index (κ2) is 7.04. The third kappa shape index (κ3) is 3.86. The standard InChI is InChI=1S/C16H12ClN3O4S/c17-16-9-15(12-3-1-11(2-4-12)10-25(23)24)19(18-16)13-5-7-14(8-6-13)20(21)22/h1-9,25H,10H2. The molecule has 0 saturated heterocycles. The Morgan fingerprint density at radius 1 is 1.08 bits per heavy atom. The highest BCUT2D eigenvalue weighted by Gasteiger charge is 2.12. The van der Waals surface area contributed by atoms with E-state index in [0.717, 1.165) is 5.56 Å². The average Bonchev–Trinajstić information content (AvgIpc) is 2.97. The molecule has 1 aromatic heterocycles. The van der Waals surface area contributed by atoms with Gasteiger partial charge in [-0.1, -0.05) is 35.9 Å². The van der Waals surface area contributed by atoms with Crippen molar-refractivity contribution in [2.24, 2.45) is 0 Å². The minimum Gasteiger partial charge on any atom is -0.258 e. The van der Waals surface area contributed by atoms with Gasteiger partial charge in [-0.3, -0.25) is 10.1 Å². The summed E-state index contributed by atoms with van der Waals surface area (Å²) in [6, 6.07) is 14.6. The van der Waals surface area contributed by atoms with Gasteiger partial charge in [0.05, 0.1) is 22.1 Å². The van der Waals surface area contributed by atoms with Crippen molar-refractivity contribution < 1.29 is 13.3 Å². The number of benzene rings is 2. The molecule has 0 radical (unpaired) electrons. The molecular weight excluding hydrogens is 366 g/mol. The lowest BCUT2D eigenvalue weighted by atomic mass is 10.1. The minimum atomic E-state index is -2.48. The first kappa shape index (κ1) is 17.1. The molecule has 0 aliphatic heterocycles. The summed E-state index contributed by atoms with van der Waals surface area (Å²) in [5.74, 6) is -0.0159. The van der Waals surface area contributed by atoms with E-state index in [1.807, 2.05) is 0 Å². The van der Waals surface area contributed by atoms with Crippen LogP contribution >= 0.6 is 11.6 Å². The van der Waals surface area contributed by atoms with E-state index in [4.69, 9.17) is 11.6 Å². The summed E-state index contributed by atoms with van der Waals surface area (Å²) < 4.78 is 23.2. The topological polar surface area (TPSA) is 95.1 Å². The van der Waals surface area contributed by atoms with Crippen LogP contribution < -0.4 is 0 Å². The predicted molar refractivity (Wildman–Crippen MR) is 94.7 cm³/mol. The lowest BCUT2D eigenvalue weighted by molar-refractivity contribution is -0.384. The number of nitrogens with zero attached hydrogens (tertiary/aromatic N) is 3. The van der Waals surface area contributed by atoms with Gasteiger partial charge in [0.2, 0.25) is 0 Å². The first-order valence-electron chi connectivity index (χ1n) is 7.15. The van der Waals surface area contributed by atoms with Crippen LogP contribution in [0.5, 0.6) is 0 Å². The molecular formula is C16H12ClN3O4S. The van der Waals surface area contributed by atoms with E-state index in [0.29, 0.717) is 16.9 Å². The van der Waals surface area contributed by atoms with Gasteiger partial charge in [-0.15, -0.1) is 0 Å². The summed E-state index contributed by atoms with van der Waals surface area (Å²) in [5.41, 5.74) is 2.78. The van der Waals surface area contributed by atoms with Crippen LogP contribution in [-0.2, 0) is 16.5 Å². The molecule has 0 atom stereocenters. The normalized spacial score (nSPS) is 11.0. The van der Waals surface area contributed by atoms with Crippen molar-refractivity contribution in [1.29, 1.82) is 0 Å². The minimum absolute atomic E-state index is 0.0142. The molecule has 0 aliphatic rings. The summed E-state index contributed by atoms with van der Waals surface area (Å²) in [5, 5.41) is 15.3. The fourth-order valence-electron chi connectivity index (χ4n) is 2.40. The molecule has 2 aromatic carbocycles. The second-order valence-electron chi connectivity index (χ2n) is 5.23. The number of halogens is 1. The monoisotopic (exact) mass is 377 g/mol. The SMILES string of the molecule is O=[N+]([O-])c1ccc(-n2nc(Cl)cc2-c2ccc(C[SH](=O)=O)cc2)cc1. The number of nitro benzene ring substituents is 1. The van der Waals surface area contributed by atoms with Gasteiger partial charge in [0.1, 0.15) is 10.7 Å². The van der Waals surface area contributed by atoms with Crippen LogP contribution in [0.2, 0.25) is 5.15 Å². The predicted octanol–water partition coefficient (Wildman–Crippen LogP) is 3.21. The Kier molecular flexibility index (Phi) is 4.82. The zero-order valence-electron chi connectivity index (χ0n) is 12.7. The number of hydrogen-bond acceptors (Lipinski definition) is 5. The fourth-order valence-corrected chi connectivity index (χ4v) is 3.09. The van der Waals surface area contributed by atoms with Gasteiger partial charge in [0.25, 0.3) is 5.69 Å². The molecule has 3 rings (SSSR count). The summed E-state index contributed by atoms with van der Waals surface area (Å²) in [6.45, 7) is 0.